The number of alkyl halides is 3. The first kappa shape index (κ1) is 21.9. The van der Waals surface area contributed by atoms with Crippen molar-refractivity contribution >= 4 is 6.09 Å². The SMILES string of the molecule is O=C(O)N(Cc1ccccc1)[C@H]1Cc2ccc(Cn3cc(CO)c(C(F)(F)F)n3)cc2C1. The smallest absolute Gasteiger partial charge is 0.435 e. The lowest BCUT2D eigenvalue weighted by atomic mass is 10.1. The van der Waals surface area contributed by atoms with E-state index in [2.05, 4.69) is 5.10 Å². The first-order valence-corrected chi connectivity index (χ1v) is 10.1. The van der Waals surface area contributed by atoms with Gasteiger partial charge < -0.3 is 15.1 Å². The van der Waals surface area contributed by atoms with E-state index in [9.17, 15) is 28.2 Å². The number of halogens is 3. The molecule has 0 saturated carbocycles. The highest BCUT2D eigenvalue weighted by atomic mass is 19.4. The second-order valence-electron chi connectivity index (χ2n) is 7.92. The van der Waals surface area contributed by atoms with Gasteiger partial charge in [-0.05, 0) is 35.1 Å². The van der Waals surface area contributed by atoms with Gasteiger partial charge in [-0.15, -0.1) is 0 Å². The van der Waals surface area contributed by atoms with Crippen LogP contribution in [0.25, 0.3) is 0 Å². The Morgan fingerprint density at radius 1 is 1.09 bits per heavy atom. The summed E-state index contributed by atoms with van der Waals surface area (Å²) in [7, 11) is 0. The molecule has 1 atom stereocenters. The Bertz CT molecular complexity index is 1110. The summed E-state index contributed by atoms with van der Waals surface area (Å²) in [6, 6.07) is 14.8. The first-order chi connectivity index (χ1) is 15.2. The van der Waals surface area contributed by atoms with Gasteiger partial charge in [-0.1, -0.05) is 48.5 Å². The normalized spacial score (nSPS) is 15.6. The molecule has 2 aromatic carbocycles. The largest absolute Gasteiger partial charge is 0.465 e. The lowest BCUT2D eigenvalue weighted by Gasteiger charge is -2.26. The fourth-order valence-corrected chi connectivity index (χ4v) is 4.19. The monoisotopic (exact) mass is 445 g/mol. The van der Waals surface area contributed by atoms with Crippen molar-refractivity contribution in [2.45, 2.75) is 44.8 Å². The zero-order valence-corrected chi connectivity index (χ0v) is 17.1. The van der Waals surface area contributed by atoms with Crippen molar-refractivity contribution in [2.75, 3.05) is 0 Å². The van der Waals surface area contributed by atoms with E-state index in [0.717, 1.165) is 22.3 Å². The van der Waals surface area contributed by atoms with E-state index < -0.39 is 24.6 Å². The molecule has 168 valence electrons. The average Bonchev–Trinajstić information content (AvgIpc) is 3.36. The predicted octanol–water partition coefficient (Wildman–Crippen LogP) is 4.09. The van der Waals surface area contributed by atoms with Crippen LogP contribution in [-0.4, -0.2) is 37.0 Å². The van der Waals surface area contributed by atoms with E-state index in [0.29, 0.717) is 19.4 Å². The van der Waals surface area contributed by atoms with Crippen molar-refractivity contribution in [3.8, 4) is 0 Å². The maximum atomic E-state index is 13.1. The molecule has 0 unspecified atom stereocenters. The standard InChI is InChI=1S/C23H22F3N3O3/c24-23(25,26)21-19(14-30)13-28(27-21)11-16-6-7-17-9-20(10-18(17)8-16)29(22(31)32)12-15-4-2-1-3-5-15/h1-8,13,20,30H,9-12,14H2,(H,31,32)/t20-/m0/s1. The van der Waals surface area contributed by atoms with Gasteiger partial charge in [0.05, 0.1) is 13.2 Å². The first-order valence-electron chi connectivity index (χ1n) is 10.1. The third-order valence-electron chi connectivity index (χ3n) is 5.68. The highest BCUT2D eigenvalue weighted by molar-refractivity contribution is 5.66. The van der Waals surface area contributed by atoms with Crippen LogP contribution in [0.4, 0.5) is 18.0 Å². The Morgan fingerprint density at radius 2 is 1.81 bits per heavy atom. The Hall–Kier alpha value is -3.33. The van der Waals surface area contributed by atoms with Gasteiger partial charge in [-0.3, -0.25) is 4.68 Å². The fourth-order valence-electron chi connectivity index (χ4n) is 4.19. The van der Waals surface area contributed by atoms with E-state index in [1.54, 1.807) is 0 Å². The quantitative estimate of drug-likeness (QED) is 0.599. The molecule has 0 radical (unpaired) electrons. The number of rotatable bonds is 6. The fraction of sp³-hybridized carbons (Fsp3) is 0.304. The van der Waals surface area contributed by atoms with E-state index in [-0.39, 0.29) is 18.2 Å². The highest BCUT2D eigenvalue weighted by Crippen LogP contribution is 2.31. The average molecular weight is 445 g/mol. The number of carboxylic acid groups (broad SMARTS) is 1. The minimum absolute atomic E-state index is 0.119. The van der Waals surface area contributed by atoms with E-state index in [4.69, 9.17) is 0 Å². The molecule has 0 aliphatic heterocycles. The van der Waals surface area contributed by atoms with Crippen molar-refractivity contribution in [2.24, 2.45) is 0 Å². The number of aliphatic hydroxyl groups is 1. The number of nitrogens with zero attached hydrogens (tertiary/aromatic N) is 3. The maximum absolute atomic E-state index is 13.1. The highest BCUT2D eigenvalue weighted by Gasteiger charge is 2.37. The van der Waals surface area contributed by atoms with Crippen LogP contribution in [0.3, 0.4) is 0 Å². The number of aromatic nitrogens is 2. The minimum Gasteiger partial charge on any atom is -0.465 e. The molecule has 1 heterocycles. The third kappa shape index (κ3) is 4.62. The van der Waals surface area contributed by atoms with Gasteiger partial charge in [0, 0.05) is 24.3 Å². The van der Waals surface area contributed by atoms with Crippen LogP contribution >= 0.6 is 0 Å². The molecule has 0 bridgehead atoms. The Kier molecular flexibility index (Phi) is 5.92. The summed E-state index contributed by atoms with van der Waals surface area (Å²) in [5.74, 6) is 0. The molecule has 4 rings (SSSR count). The molecule has 1 aliphatic rings. The zero-order chi connectivity index (χ0) is 22.9. The van der Waals surface area contributed by atoms with Gasteiger partial charge in [0.25, 0.3) is 0 Å². The molecule has 32 heavy (non-hydrogen) atoms. The second kappa shape index (κ2) is 8.66. The van der Waals surface area contributed by atoms with Crippen molar-refractivity contribution < 1.29 is 28.2 Å². The summed E-state index contributed by atoms with van der Waals surface area (Å²) >= 11 is 0. The summed E-state index contributed by atoms with van der Waals surface area (Å²) in [6.45, 7) is -0.333. The zero-order valence-electron chi connectivity index (χ0n) is 17.1. The van der Waals surface area contributed by atoms with Crippen LogP contribution in [0.2, 0.25) is 0 Å². The van der Waals surface area contributed by atoms with Crippen LogP contribution < -0.4 is 0 Å². The number of fused-ring (bicyclic) bond motifs is 1. The summed E-state index contributed by atoms with van der Waals surface area (Å²) in [5.41, 5.74) is 2.33. The Labute approximate surface area is 182 Å². The Morgan fingerprint density at radius 3 is 2.44 bits per heavy atom. The number of hydrogen-bond acceptors (Lipinski definition) is 3. The van der Waals surface area contributed by atoms with Gasteiger partial charge in [0.2, 0.25) is 0 Å². The van der Waals surface area contributed by atoms with Gasteiger partial charge >= 0.3 is 12.3 Å². The molecule has 1 aromatic heterocycles. The van der Waals surface area contributed by atoms with Crippen LogP contribution in [0, 0.1) is 0 Å². The molecular formula is C23H22F3N3O3. The van der Waals surface area contributed by atoms with E-state index >= 15 is 0 Å². The number of aliphatic hydroxyl groups excluding tert-OH is 1. The number of hydrogen-bond donors (Lipinski definition) is 2. The maximum Gasteiger partial charge on any atom is 0.435 e. The number of amides is 1. The van der Waals surface area contributed by atoms with Gasteiger partial charge in [-0.25, -0.2) is 4.79 Å². The lowest BCUT2D eigenvalue weighted by Crippen LogP contribution is -2.39. The third-order valence-corrected chi connectivity index (χ3v) is 5.68. The molecule has 0 spiro atoms. The number of benzene rings is 2. The van der Waals surface area contributed by atoms with Crippen molar-refractivity contribution in [3.63, 3.8) is 0 Å². The van der Waals surface area contributed by atoms with Crippen LogP contribution in [0.1, 0.15) is 33.5 Å². The summed E-state index contributed by atoms with van der Waals surface area (Å²) in [6.07, 6.45) is -3.29. The summed E-state index contributed by atoms with van der Waals surface area (Å²) < 4.78 is 40.4. The molecule has 2 N–H and O–H groups in total. The van der Waals surface area contributed by atoms with Crippen LogP contribution in [0.15, 0.2) is 54.7 Å². The predicted molar refractivity (Wildman–Crippen MR) is 110 cm³/mol. The Balaban J connectivity index is 1.50. The summed E-state index contributed by atoms with van der Waals surface area (Å²) in [5, 5.41) is 22.6. The molecule has 1 aliphatic carbocycles. The summed E-state index contributed by atoms with van der Waals surface area (Å²) in [4.78, 5) is 13.3. The van der Waals surface area contributed by atoms with E-state index in [1.165, 1.54) is 15.8 Å². The van der Waals surface area contributed by atoms with Crippen LogP contribution in [0.5, 0.6) is 0 Å². The molecule has 6 nitrogen and oxygen atoms in total. The molecule has 0 fully saturated rings. The molecular weight excluding hydrogens is 423 g/mol. The van der Waals surface area contributed by atoms with Crippen molar-refractivity contribution in [1.82, 2.24) is 14.7 Å². The second-order valence-corrected chi connectivity index (χ2v) is 7.92. The lowest BCUT2D eigenvalue weighted by molar-refractivity contribution is -0.142. The topological polar surface area (TPSA) is 78.6 Å². The molecule has 0 saturated heterocycles. The molecule has 3 aromatic rings. The van der Waals surface area contributed by atoms with Gasteiger partial charge in [0.15, 0.2) is 5.69 Å². The number of carbonyl (C=O) groups is 1. The molecule has 1 amide bonds. The van der Waals surface area contributed by atoms with Gasteiger partial charge in [-0.2, -0.15) is 18.3 Å². The van der Waals surface area contributed by atoms with Crippen molar-refractivity contribution in [1.29, 1.82) is 0 Å². The van der Waals surface area contributed by atoms with Crippen molar-refractivity contribution in [3.05, 3.63) is 88.2 Å². The molecule has 9 heteroatoms. The van der Waals surface area contributed by atoms with Gasteiger partial charge in [0.1, 0.15) is 0 Å². The minimum atomic E-state index is -4.63. The van der Waals surface area contributed by atoms with Crippen LogP contribution in [-0.2, 0) is 38.7 Å². The van der Waals surface area contributed by atoms with E-state index in [1.807, 2.05) is 48.5 Å².